The molecule has 0 bridgehead atoms. The number of nitrogens with zero attached hydrogens (tertiary/aromatic N) is 4. The number of benzene rings is 1. The lowest BCUT2D eigenvalue weighted by Gasteiger charge is -2.06. The first-order valence-electron chi connectivity index (χ1n) is 6.90. The molecule has 3 heterocycles. The van der Waals surface area contributed by atoms with Gasteiger partial charge < -0.3 is 5.73 Å². The number of aromatic nitrogens is 4. The molecular weight excluding hydrogens is 310 g/mol. The average molecular weight is 321 g/mol. The molecule has 0 aliphatic carbocycles. The van der Waals surface area contributed by atoms with Crippen molar-refractivity contribution in [2.45, 2.75) is 0 Å². The number of rotatable bonds is 1. The molecule has 112 valence electrons. The van der Waals surface area contributed by atoms with Crippen molar-refractivity contribution in [1.29, 1.82) is 0 Å². The highest BCUT2D eigenvalue weighted by Crippen LogP contribution is 2.24. The van der Waals surface area contributed by atoms with Gasteiger partial charge in [0.05, 0.1) is 17.1 Å². The molecule has 0 spiro atoms. The zero-order chi connectivity index (χ0) is 16.0. The van der Waals surface area contributed by atoms with Crippen LogP contribution in [0.25, 0.3) is 27.7 Å². The van der Waals surface area contributed by atoms with Gasteiger partial charge in [-0.3, -0.25) is 9.36 Å². The monoisotopic (exact) mass is 321 g/mol. The fourth-order valence-corrected chi connectivity index (χ4v) is 2.75. The second-order valence-electron chi connectivity index (χ2n) is 5.05. The molecule has 0 amide bonds. The number of fused-ring (bicyclic) bond motifs is 3. The van der Waals surface area contributed by atoms with E-state index < -0.39 is 0 Å². The van der Waals surface area contributed by atoms with Crippen LogP contribution in [0.15, 0.2) is 59.8 Å². The Morgan fingerprint density at radius 2 is 1.91 bits per heavy atom. The Morgan fingerprint density at radius 3 is 2.65 bits per heavy atom. The quantitative estimate of drug-likeness (QED) is 0.541. The van der Waals surface area contributed by atoms with Crippen molar-refractivity contribution in [1.82, 2.24) is 19.2 Å². The van der Waals surface area contributed by atoms with Crippen LogP contribution in [-0.2, 0) is 0 Å². The minimum atomic E-state index is -0.304. The summed E-state index contributed by atoms with van der Waals surface area (Å²) in [6.45, 7) is 0. The molecule has 0 atom stereocenters. The smallest absolute Gasteiger partial charge is 0.267 e. The summed E-state index contributed by atoms with van der Waals surface area (Å²) in [6.07, 6.45) is 4.84. The Labute approximate surface area is 135 Å². The summed E-state index contributed by atoms with van der Waals surface area (Å²) in [5.74, 6) is 0. The first-order valence-corrected chi connectivity index (χ1v) is 7.31. The molecule has 4 aromatic rings. The van der Waals surface area contributed by atoms with Crippen molar-refractivity contribution in [2.75, 3.05) is 0 Å². The van der Waals surface area contributed by atoms with Crippen LogP contribution >= 0.6 is 12.2 Å². The first-order chi connectivity index (χ1) is 11.2. The SMILES string of the molecule is NC(=S)n1ccc2c(cnc3c(-c4ccccc4)cnn32)c1=O. The highest BCUT2D eigenvalue weighted by atomic mass is 32.1. The van der Waals surface area contributed by atoms with E-state index in [9.17, 15) is 4.79 Å². The maximum Gasteiger partial charge on any atom is 0.267 e. The van der Waals surface area contributed by atoms with E-state index in [1.165, 1.54) is 10.8 Å². The zero-order valence-electron chi connectivity index (χ0n) is 11.9. The van der Waals surface area contributed by atoms with Crippen LogP contribution in [0.2, 0.25) is 0 Å². The normalized spacial score (nSPS) is 11.1. The predicted octanol–water partition coefficient (Wildman–Crippen LogP) is 1.80. The third kappa shape index (κ3) is 2.01. The fourth-order valence-electron chi connectivity index (χ4n) is 2.61. The number of hydrogen-bond acceptors (Lipinski definition) is 4. The summed E-state index contributed by atoms with van der Waals surface area (Å²) in [4.78, 5) is 16.8. The summed E-state index contributed by atoms with van der Waals surface area (Å²) in [5, 5.41) is 4.80. The third-order valence-electron chi connectivity index (χ3n) is 3.72. The van der Waals surface area contributed by atoms with Crippen molar-refractivity contribution < 1.29 is 0 Å². The molecule has 7 heteroatoms. The predicted molar refractivity (Wildman–Crippen MR) is 92.4 cm³/mol. The Balaban J connectivity index is 2.05. The topological polar surface area (TPSA) is 78.2 Å². The average Bonchev–Trinajstić information content (AvgIpc) is 3.00. The summed E-state index contributed by atoms with van der Waals surface area (Å²) in [5.41, 5.74) is 8.53. The molecular formula is C16H11N5OS. The van der Waals surface area contributed by atoms with E-state index in [-0.39, 0.29) is 10.7 Å². The molecule has 0 fully saturated rings. The van der Waals surface area contributed by atoms with Gasteiger partial charge in [0.2, 0.25) is 0 Å². The molecule has 0 aliphatic rings. The molecule has 23 heavy (non-hydrogen) atoms. The van der Waals surface area contributed by atoms with Crippen molar-refractivity contribution in [3.63, 3.8) is 0 Å². The molecule has 3 aromatic heterocycles. The zero-order valence-corrected chi connectivity index (χ0v) is 12.7. The standard InChI is InChI=1S/C16H11N5OS/c17-16(23)20-7-6-13-12(15(20)22)8-18-14-11(9-19-21(13)14)10-4-2-1-3-5-10/h1-9H,(H2,17,23). The van der Waals surface area contributed by atoms with Crippen molar-refractivity contribution >= 4 is 33.9 Å². The van der Waals surface area contributed by atoms with Crippen molar-refractivity contribution in [3.8, 4) is 11.1 Å². The first kappa shape index (κ1) is 13.6. The molecule has 4 rings (SSSR count). The highest BCUT2D eigenvalue weighted by molar-refractivity contribution is 7.80. The lowest BCUT2D eigenvalue weighted by molar-refractivity contribution is 0.971. The molecule has 0 unspecified atom stereocenters. The molecule has 2 N–H and O–H groups in total. The number of hydrogen-bond donors (Lipinski definition) is 1. The minimum absolute atomic E-state index is 0.00226. The second-order valence-corrected chi connectivity index (χ2v) is 5.46. The van der Waals surface area contributed by atoms with E-state index in [4.69, 9.17) is 18.0 Å². The van der Waals surface area contributed by atoms with E-state index >= 15 is 0 Å². The second kappa shape index (κ2) is 4.99. The van der Waals surface area contributed by atoms with Gasteiger partial charge in [-0.2, -0.15) is 5.10 Å². The van der Waals surface area contributed by atoms with Gasteiger partial charge in [0.25, 0.3) is 5.56 Å². The van der Waals surface area contributed by atoms with Crippen molar-refractivity contribution in [3.05, 3.63) is 65.3 Å². The van der Waals surface area contributed by atoms with Crippen LogP contribution in [-0.4, -0.2) is 24.3 Å². The lowest BCUT2D eigenvalue weighted by Crippen LogP contribution is -2.31. The van der Waals surface area contributed by atoms with Gasteiger partial charge in [0.1, 0.15) is 0 Å². The maximum absolute atomic E-state index is 12.4. The van der Waals surface area contributed by atoms with E-state index in [0.29, 0.717) is 16.6 Å². The van der Waals surface area contributed by atoms with Gasteiger partial charge in [0.15, 0.2) is 10.8 Å². The molecule has 0 aliphatic heterocycles. The van der Waals surface area contributed by atoms with Crippen LogP contribution in [0.5, 0.6) is 0 Å². The lowest BCUT2D eigenvalue weighted by atomic mass is 10.1. The summed E-state index contributed by atoms with van der Waals surface area (Å²) < 4.78 is 2.87. The molecule has 0 saturated carbocycles. The van der Waals surface area contributed by atoms with Crippen LogP contribution in [0.4, 0.5) is 0 Å². The summed E-state index contributed by atoms with van der Waals surface area (Å²) >= 11 is 4.87. The van der Waals surface area contributed by atoms with E-state index in [2.05, 4.69) is 10.1 Å². The van der Waals surface area contributed by atoms with E-state index in [0.717, 1.165) is 11.1 Å². The Morgan fingerprint density at radius 1 is 1.13 bits per heavy atom. The van der Waals surface area contributed by atoms with Crippen LogP contribution in [0.3, 0.4) is 0 Å². The number of thiocarbonyl (C=S) groups is 1. The Kier molecular flexibility index (Phi) is 2.95. The Bertz CT molecular complexity index is 1110. The summed E-state index contributed by atoms with van der Waals surface area (Å²) in [6, 6.07) is 11.6. The largest absolute Gasteiger partial charge is 0.376 e. The van der Waals surface area contributed by atoms with Gasteiger partial charge >= 0.3 is 0 Å². The van der Waals surface area contributed by atoms with Crippen LogP contribution in [0, 0.1) is 0 Å². The third-order valence-corrected chi connectivity index (χ3v) is 3.91. The minimum Gasteiger partial charge on any atom is -0.376 e. The Hall–Kier alpha value is -3.06. The van der Waals surface area contributed by atoms with Gasteiger partial charge in [-0.15, -0.1) is 0 Å². The molecule has 1 aromatic carbocycles. The van der Waals surface area contributed by atoms with Crippen molar-refractivity contribution in [2.24, 2.45) is 5.73 Å². The van der Waals surface area contributed by atoms with Gasteiger partial charge in [0, 0.05) is 18.0 Å². The summed E-state index contributed by atoms with van der Waals surface area (Å²) in [7, 11) is 0. The molecule has 0 radical (unpaired) electrons. The van der Waals surface area contributed by atoms with Crippen LogP contribution in [0.1, 0.15) is 0 Å². The maximum atomic E-state index is 12.4. The molecule has 6 nitrogen and oxygen atoms in total. The van der Waals surface area contributed by atoms with E-state index in [1.54, 1.807) is 23.0 Å². The van der Waals surface area contributed by atoms with E-state index in [1.807, 2.05) is 30.3 Å². The van der Waals surface area contributed by atoms with Gasteiger partial charge in [-0.05, 0) is 23.8 Å². The van der Waals surface area contributed by atoms with Crippen LogP contribution < -0.4 is 11.3 Å². The van der Waals surface area contributed by atoms with Gasteiger partial charge in [-0.1, -0.05) is 30.3 Å². The molecule has 0 saturated heterocycles. The number of pyridine rings is 1. The number of nitrogens with two attached hydrogens (primary N) is 1. The van der Waals surface area contributed by atoms with Gasteiger partial charge in [-0.25, -0.2) is 9.50 Å². The fraction of sp³-hybridized carbons (Fsp3) is 0. The highest BCUT2D eigenvalue weighted by Gasteiger charge is 2.13.